The zero-order valence-corrected chi connectivity index (χ0v) is 17.0. The number of Topliss-reactive ketones (excluding diaryl/α,β-unsaturated/α-hetero) is 1. The fourth-order valence-corrected chi connectivity index (χ4v) is 4.19. The first-order valence-corrected chi connectivity index (χ1v) is 10.1. The summed E-state index contributed by atoms with van der Waals surface area (Å²) in [5.74, 6) is -1.65. The zero-order valence-electron chi connectivity index (χ0n) is 16.2. The largest absolute Gasteiger partial charge is 0.507 e. The molecule has 2 N–H and O–H groups in total. The molecule has 0 saturated carbocycles. The number of para-hydroxylation sites is 2. The zero-order chi connectivity index (χ0) is 21.5. The number of hydrogen-bond donors (Lipinski definition) is 2. The van der Waals surface area contributed by atoms with Crippen molar-refractivity contribution in [1.29, 1.82) is 0 Å². The average Bonchev–Trinajstić information content (AvgIpc) is 3.33. The van der Waals surface area contributed by atoms with Gasteiger partial charge in [0.1, 0.15) is 5.76 Å². The Morgan fingerprint density at radius 1 is 0.903 bits per heavy atom. The van der Waals surface area contributed by atoms with Crippen LogP contribution in [0.15, 0.2) is 90.6 Å². The molecule has 1 aliphatic rings. The molecule has 5 rings (SSSR count). The summed E-state index contributed by atoms with van der Waals surface area (Å²) in [5.41, 5.74) is 2.65. The highest BCUT2D eigenvalue weighted by Gasteiger charge is 2.47. The molecule has 4 aromatic rings. The van der Waals surface area contributed by atoms with E-state index in [1.807, 2.05) is 30.3 Å². The van der Waals surface area contributed by atoms with Crippen molar-refractivity contribution >= 4 is 45.6 Å². The molecule has 1 atom stereocenters. The number of aromatic nitrogens is 1. The van der Waals surface area contributed by atoms with E-state index >= 15 is 0 Å². The molecule has 5 nitrogen and oxygen atoms in total. The van der Waals surface area contributed by atoms with E-state index in [4.69, 9.17) is 11.6 Å². The summed E-state index contributed by atoms with van der Waals surface area (Å²) >= 11 is 5.98. The summed E-state index contributed by atoms with van der Waals surface area (Å²) in [6.45, 7) is 0. The van der Waals surface area contributed by atoms with Crippen molar-refractivity contribution in [3.05, 3.63) is 107 Å². The van der Waals surface area contributed by atoms with Crippen LogP contribution in [0.3, 0.4) is 0 Å². The Morgan fingerprint density at radius 2 is 1.58 bits per heavy atom. The first kappa shape index (κ1) is 19.2. The van der Waals surface area contributed by atoms with Crippen LogP contribution in [0.4, 0.5) is 5.69 Å². The Labute approximate surface area is 183 Å². The van der Waals surface area contributed by atoms with Gasteiger partial charge in [0.05, 0.1) is 11.6 Å². The summed E-state index contributed by atoms with van der Waals surface area (Å²) in [7, 11) is 0. The number of amides is 1. The second kappa shape index (κ2) is 7.45. The van der Waals surface area contributed by atoms with Gasteiger partial charge in [-0.15, -0.1) is 0 Å². The van der Waals surface area contributed by atoms with Crippen molar-refractivity contribution in [1.82, 2.24) is 4.98 Å². The Kier molecular flexibility index (Phi) is 4.60. The van der Waals surface area contributed by atoms with Gasteiger partial charge in [0, 0.05) is 38.9 Å². The number of ketones is 1. The number of nitrogens with zero attached hydrogens (tertiary/aromatic N) is 1. The van der Waals surface area contributed by atoms with Crippen LogP contribution in [-0.2, 0) is 9.59 Å². The Hall–Kier alpha value is -3.83. The maximum atomic E-state index is 13.2. The molecule has 1 unspecified atom stereocenters. The number of hydrogen-bond acceptors (Lipinski definition) is 3. The van der Waals surface area contributed by atoms with Crippen LogP contribution in [0, 0.1) is 0 Å². The quantitative estimate of drug-likeness (QED) is 0.259. The average molecular weight is 429 g/mol. The summed E-state index contributed by atoms with van der Waals surface area (Å²) in [4.78, 5) is 31.0. The number of nitrogens with one attached hydrogen (secondary N) is 1. The van der Waals surface area contributed by atoms with Gasteiger partial charge in [-0.1, -0.05) is 48.0 Å². The Morgan fingerprint density at radius 3 is 2.32 bits per heavy atom. The molecule has 1 amide bonds. The van der Waals surface area contributed by atoms with E-state index in [-0.39, 0.29) is 11.3 Å². The van der Waals surface area contributed by atoms with E-state index < -0.39 is 17.7 Å². The molecule has 0 bridgehead atoms. The highest BCUT2D eigenvalue weighted by atomic mass is 35.5. The predicted molar refractivity (Wildman–Crippen MR) is 121 cm³/mol. The van der Waals surface area contributed by atoms with Crippen molar-refractivity contribution in [3.63, 3.8) is 0 Å². The number of fused-ring (bicyclic) bond motifs is 1. The van der Waals surface area contributed by atoms with E-state index in [1.165, 1.54) is 4.90 Å². The van der Waals surface area contributed by atoms with Gasteiger partial charge < -0.3 is 10.1 Å². The molecule has 1 fully saturated rings. The van der Waals surface area contributed by atoms with Crippen LogP contribution in [0.5, 0.6) is 0 Å². The minimum absolute atomic E-state index is 0.0425. The number of H-pyrrole nitrogens is 1. The van der Waals surface area contributed by atoms with Gasteiger partial charge in [-0.2, -0.15) is 0 Å². The standard InChI is InChI=1S/C25H17ClN2O3/c26-16-12-10-15(11-13-16)23(29)21-22(19-14-27-20-9-5-4-8-18(19)20)28(25(31)24(21)30)17-6-2-1-3-7-17/h1-14,22,27,29H/b23-21+. The number of aliphatic hydroxyl groups excluding tert-OH is 1. The Balaban J connectivity index is 1.78. The van der Waals surface area contributed by atoms with Crippen LogP contribution < -0.4 is 4.90 Å². The molecule has 0 radical (unpaired) electrons. The normalized spacial score (nSPS) is 18.1. The monoisotopic (exact) mass is 428 g/mol. The third kappa shape index (κ3) is 3.10. The van der Waals surface area contributed by atoms with Crippen molar-refractivity contribution in [2.75, 3.05) is 4.90 Å². The van der Waals surface area contributed by atoms with E-state index in [2.05, 4.69) is 4.98 Å². The van der Waals surface area contributed by atoms with Gasteiger partial charge >= 0.3 is 0 Å². The van der Waals surface area contributed by atoms with Crippen molar-refractivity contribution in [2.45, 2.75) is 6.04 Å². The molecule has 2 heterocycles. The lowest BCUT2D eigenvalue weighted by atomic mass is 9.95. The lowest BCUT2D eigenvalue weighted by Gasteiger charge is -2.25. The Bertz CT molecular complexity index is 1340. The molecule has 152 valence electrons. The van der Waals surface area contributed by atoms with Crippen molar-refractivity contribution < 1.29 is 14.7 Å². The topological polar surface area (TPSA) is 73.4 Å². The number of benzene rings is 3. The summed E-state index contributed by atoms with van der Waals surface area (Å²) in [6.07, 6.45) is 1.78. The van der Waals surface area contributed by atoms with E-state index in [0.29, 0.717) is 16.3 Å². The number of rotatable bonds is 3. The lowest BCUT2D eigenvalue weighted by molar-refractivity contribution is -0.132. The minimum atomic E-state index is -0.783. The fraction of sp³-hybridized carbons (Fsp3) is 0.0400. The molecule has 0 aliphatic carbocycles. The smallest absolute Gasteiger partial charge is 0.300 e. The van der Waals surface area contributed by atoms with E-state index in [9.17, 15) is 14.7 Å². The number of aliphatic hydroxyl groups is 1. The molecule has 1 aliphatic heterocycles. The lowest BCUT2D eigenvalue weighted by Crippen LogP contribution is -2.29. The predicted octanol–water partition coefficient (Wildman–Crippen LogP) is 5.45. The summed E-state index contributed by atoms with van der Waals surface area (Å²) in [5, 5.41) is 12.5. The number of anilines is 1. The van der Waals surface area contributed by atoms with Gasteiger partial charge in [0.15, 0.2) is 0 Å². The third-order valence-corrected chi connectivity index (χ3v) is 5.76. The number of carbonyl (C=O) groups is 2. The number of halogens is 1. The van der Waals surface area contributed by atoms with Gasteiger partial charge in [-0.05, 0) is 42.5 Å². The highest BCUT2D eigenvalue weighted by Crippen LogP contribution is 2.44. The number of carbonyl (C=O) groups excluding carboxylic acids is 2. The molecule has 1 aromatic heterocycles. The molecule has 31 heavy (non-hydrogen) atoms. The molecular formula is C25H17ClN2O3. The van der Waals surface area contributed by atoms with Crippen LogP contribution in [-0.4, -0.2) is 21.8 Å². The fourth-order valence-electron chi connectivity index (χ4n) is 4.07. The van der Waals surface area contributed by atoms with Crippen LogP contribution in [0.1, 0.15) is 17.2 Å². The van der Waals surface area contributed by atoms with Crippen LogP contribution in [0.25, 0.3) is 16.7 Å². The minimum Gasteiger partial charge on any atom is -0.507 e. The first-order valence-electron chi connectivity index (χ1n) is 9.74. The molecule has 0 spiro atoms. The third-order valence-electron chi connectivity index (χ3n) is 5.51. The van der Waals surface area contributed by atoms with Crippen molar-refractivity contribution in [2.24, 2.45) is 0 Å². The second-order valence-corrected chi connectivity index (χ2v) is 7.74. The second-order valence-electron chi connectivity index (χ2n) is 7.30. The van der Waals surface area contributed by atoms with E-state index in [0.717, 1.165) is 16.5 Å². The highest BCUT2D eigenvalue weighted by molar-refractivity contribution is 6.51. The molecular weight excluding hydrogens is 412 g/mol. The number of aromatic amines is 1. The molecule has 6 heteroatoms. The SMILES string of the molecule is O=C1C(=O)N(c2ccccc2)C(c2c[nH]c3ccccc23)/C1=C(\O)c1ccc(Cl)cc1. The maximum absolute atomic E-state index is 13.2. The van der Waals surface area contributed by atoms with Gasteiger partial charge in [-0.3, -0.25) is 14.5 Å². The van der Waals surface area contributed by atoms with Gasteiger partial charge in [0.25, 0.3) is 11.7 Å². The molecule has 1 saturated heterocycles. The van der Waals surface area contributed by atoms with Crippen LogP contribution >= 0.6 is 11.6 Å². The summed E-state index contributed by atoms with van der Waals surface area (Å²) < 4.78 is 0. The van der Waals surface area contributed by atoms with E-state index in [1.54, 1.807) is 54.7 Å². The molecule has 3 aromatic carbocycles. The first-order chi connectivity index (χ1) is 15.1. The maximum Gasteiger partial charge on any atom is 0.300 e. The summed E-state index contributed by atoms with van der Waals surface area (Å²) in [6, 6.07) is 22.4. The van der Waals surface area contributed by atoms with Crippen molar-refractivity contribution in [3.8, 4) is 0 Å². The van der Waals surface area contributed by atoms with Crippen LogP contribution in [0.2, 0.25) is 5.02 Å². The van der Waals surface area contributed by atoms with Gasteiger partial charge in [0.2, 0.25) is 0 Å². The van der Waals surface area contributed by atoms with Gasteiger partial charge in [-0.25, -0.2) is 0 Å².